The third-order valence-electron chi connectivity index (χ3n) is 3.24. The van der Waals surface area contributed by atoms with Crippen molar-refractivity contribution in [1.29, 1.82) is 0 Å². The van der Waals surface area contributed by atoms with Crippen molar-refractivity contribution in [2.45, 2.75) is 24.3 Å². The molecule has 1 aliphatic heterocycles. The Morgan fingerprint density at radius 2 is 2.38 bits per heavy atom. The molecule has 0 aromatic heterocycles. The van der Waals surface area contributed by atoms with E-state index in [1.54, 1.807) is 18.9 Å². The highest BCUT2D eigenvalue weighted by Gasteiger charge is 2.51. The molecule has 2 nitrogen and oxygen atoms in total. The minimum absolute atomic E-state index is 0.367. The number of fused-ring (bicyclic) bond motifs is 3. The monoisotopic (exact) mass is 253 g/mol. The molecule has 0 saturated carbocycles. The fraction of sp³-hybridized carbons (Fsp3) is 0.417. The first-order valence-corrected chi connectivity index (χ1v) is 6.48. The first-order valence-electron chi connectivity index (χ1n) is 5.23. The van der Waals surface area contributed by atoms with E-state index >= 15 is 0 Å². The molecule has 84 valence electrons. The molecule has 2 aliphatic rings. The number of ether oxygens (including phenoxy) is 1. The van der Waals surface area contributed by atoms with Gasteiger partial charge in [-0.25, -0.2) is 4.99 Å². The van der Waals surface area contributed by atoms with Gasteiger partial charge in [0.2, 0.25) is 0 Å². The summed E-state index contributed by atoms with van der Waals surface area (Å²) in [5.41, 5.74) is 1.98. The molecule has 4 heteroatoms. The fourth-order valence-corrected chi connectivity index (χ4v) is 4.09. The lowest BCUT2D eigenvalue weighted by Gasteiger charge is -2.25. The lowest BCUT2D eigenvalue weighted by molar-refractivity contribution is 0.00259. The molecule has 0 spiro atoms. The van der Waals surface area contributed by atoms with Gasteiger partial charge < -0.3 is 4.74 Å². The van der Waals surface area contributed by atoms with Crippen LogP contribution < -0.4 is 0 Å². The van der Waals surface area contributed by atoms with Crippen LogP contribution in [0.3, 0.4) is 0 Å². The number of hydrogen-bond donors (Lipinski definition) is 0. The summed E-state index contributed by atoms with van der Waals surface area (Å²) in [5.74, 6) is 0. The Kier molecular flexibility index (Phi) is 2.32. The van der Waals surface area contributed by atoms with Crippen LogP contribution in [-0.4, -0.2) is 17.4 Å². The lowest BCUT2D eigenvalue weighted by atomic mass is 10.1. The number of aliphatic imine (C=N–C) groups is 1. The maximum absolute atomic E-state index is 6.01. The molecule has 2 atom stereocenters. The minimum Gasteiger partial charge on any atom is -0.352 e. The third kappa shape index (κ3) is 1.28. The van der Waals surface area contributed by atoms with Crippen molar-refractivity contribution in [2.24, 2.45) is 4.99 Å². The van der Waals surface area contributed by atoms with Crippen molar-refractivity contribution in [2.75, 3.05) is 7.11 Å². The van der Waals surface area contributed by atoms with Gasteiger partial charge in [-0.15, -0.1) is 11.8 Å². The largest absolute Gasteiger partial charge is 0.352 e. The maximum atomic E-state index is 6.01. The van der Waals surface area contributed by atoms with Gasteiger partial charge in [-0.3, -0.25) is 0 Å². The topological polar surface area (TPSA) is 21.6 Å². The Balaban J connectivity index is 2.18. The molecule has 1 aromatic carbocycles. The van der Waals surface area contributed by atoms with E-state index in [4.69, 9.17) is 16.3 Å². The standard InChI is InChI=1S/C12H12ClNOS/c1-7-14-12(15-2)10-4-3-9(13)5-8(10)6-11(12)16-7/h3-5,11H,6H2,1-2H3. The van der Waals surface area contributed by atoms with Gasteiger partial charge >= 0.3 is 0 Å². The Bertz CT molecular complexity index is 488. The van der Waals surface area contributed by atoms with Crippen molar-refractivity contribution in [3.05, 3.63) is 34.3 Å². The minimum atomic E-state index is -0.464. The van der Waals surface area contributed by atoms with Crippen LogP contribution in [0.4, 0.5) is 0 Å². The molecule has 0 amide bonds. The summed E-state index contributed by atoms with van der Waals surface area (Å²) in [5, 5.41) is 2.26. The summed E-state index contributed by atoms with van der Waals surface area (Å²) >= 11 is 7.82. The van der Waals surface area contributed by atoms with Gasteiger partial charge in [-0.05, 0) is 31.0 Å². The number of nitrogens with zero attached hydrogens (tertiary/aromatic N) is 1. The SMILES string of the molecule is COC12N=C(C)SC1Cc1cc(Cl)ccc12. The highest BCUT2D eigenvalue weighted by atomic mass is 35.5. The van der Waals surface area contributed by atoms with E-state index in [1.165, 1.54) is 11.1 Å². The summed E-state index contributed by atoms with van der Waals surface area (Å²) in [6, 6.07) is 5.99. The first-order chi connectivity index (χ1) is 7.65. The molecule has 1 aliphatic carbocycles. The van der Waals surface area contributed by atoms with Gasteiger partial charge in [0.1, 0.15) is 0 Å². The summed E-state index contributed by atoms with van der Waals surface area (Å²) < 4.78 is 5.71. The summed E-state index contributed by atoms with van der Waals surface area (Å²) in [4.78, 5) is 4.69. The van der Waals surface area contributed by atoms with Crippen LogP contribution in [0.15, 0.2) is 23.2 Å². The molecule has 0 N–H and O–H groups in total. The highest BCUT2D eigenvalue weighted by Crippen LogP contribution is 2.51. The Morgan fingerprint density at radius 3 is 3.12 bits per heavy atom. The molecular formula is C12H12ClNOS. The summed E-state index contributed by atoms with van der Waals surface area (Å²) in [7, 11) is 1.74. The van der Waals surface area contributed by atoms with Gasteiger partial charge in [-0.2, -0.15) is 0 Å². The van der Waals surface area contributed by atoms with Crippen LogP contribution in [0, 0.1) is 0 Å². The molecule has 16 heavy (non-hydrogen) atoms. The van der Waals surface area contributed by atoms with Crippen molar-refractivity contribution in [3.8, 4) is 0 Å². The van der Waals surface area contributed by atoms with Gasteiger partial charge in [0.05, 0.1) is 10.3 Å². The first kappa shape index (κ1) is 10.6. The molecule has 1 heterocycles. The van der Waals surface area contributed by atoms with Crippen LogP contribution in [0.25, 0.3) is 0 Å². The second-order valence-corrected chi connectivity index (χ2v) is 5.98. The van der Waals surface area contributed by atoms with Crippen LogP contribution in [-0.2, 0) is 16.9 Å². The molecule has 3 rings (SSSR count). The van der Waals surface area contributed by atoms with Gasteiger partial charge in [0.25, 0.3) is 0 Å². The summed E-state index contributed by atoms with van der Waals surface area (Å²) in [6.45, 7) is 2.04. The maximum Gasteiger partial charge on any atom is 0.198 e. The van der Waals surface area contributed by atoms with Crippen LogP contribution in [0.2, 0.25) is 5.02 Å². The zero-order valence-corrected chi connectivity index (χ0v) is 10.7. The summed E-state index contributed by atoms with van der Waals surface area (Å²) in [6.07, 6.45) is 0.981. The molecule has 1 aromatic rings. The zero-order valence-electron chi connectivity index (χ0n) is 9.16. The van der Waals surface area contributed by atoms with E-state index in [9.17, 15) is 0 Å². The number of benzene rings is 1. The average molecular weight is 254 g/mol. The van der Waals surface area contributed by atoms with Crippen molar-refractivity contribution in [1.82, 2.24) is 0 Å². The number of rotatable bonds is 1. The molecular weight excluding hydrogens is 242 g/mol. The number of hydrogen-bond acceptors (Lipinski definition) is 3. The molecule has 2 unspecified atom stereocenters. The van der Waals surface area contributed by atoms with E-state index in [0.29, 0.717) is 5.25 Å². The van der Waals surface area contributed by atoms with Gasteiger partial charge in [0.15, 0.2) is 5.72 Å². The second-order valence-electron chi connectivity index (χ2n) is 4.14. The Morgan fingerprint density at radius 1 is 1.56 bits per heavy atom. The fourth-order valence-electron chi connectivity index (χ4n) is 2.60. The van der Waals surface area contributed by atoms with Crippen molar-refractivity contribution in [3.63, 3.8) is 0 Å². The van der Waals surface area contributed by atoms with Crippen LogP contribution >= 0.6 is 23.4 Å². The highest BCUT2D eigenvalue weighted by molar-refractivity contribution is 8.14. The normalized spacial score (nSPS) is 31.2. The Labute approximate surface area is 104 Å². The quantitative estimate of drug-likeness (QED) is 0.767. The third-order valence-corrected chi connectivity index (χ3v) is 4.68. The molecule has 0 radical (unpaired) electrons. The van der Waals surface area contributed by atoms with Crippen LogP contribution in [0.1, 0.15) is 18.1 Å². The lowest BCUT2D eigenvalue weighted by Crippen LogP contribution is -2.30. The predicted molar refractivity (Wildman–Crippen MR) is 68.3 cm³/mol. The van der Waals surface area contributed by atoms with Crippen LogP contribution in [0.5, 0.6) is 0 Å². The van der Waals surface area contributed by atoms with Crippen molar-refractivity contribution >= 4 is 28.4 Å². The zero-order chi connectivity index (χ0) is 11.3. The molecule has 0 fully saturated rings. The van der Waals surface area contributed by atoms with E-state index in [1.807, 2.05) is 25.1 Å². The van der Waals surface area contributed by atoms with Gasteiger partial charge in [0, 0.05) is 17.7 Å². The smallest absolute Gasteiger partial charge is 0.198 e. The molecule has 0 bridgehead atoms. The number of halogens is 1. The molecule has 0 saturated heterocycles. The predicted octanol–water partition coefficient (Wildman–Crippen LogP) is 3.23. The van der Waals surface area contributed by atoms with E-state index in [0.717, 1.165) is 16.5 Å². The van der Waals surface area contributed by atoms with E-state index in [-0.39, 0.29) is 0 Å². The Hall–Kier alpha value is -0.510. The van der Waals surface area contributed by atoms with Crippen molar-refractivity contribution < 1.29 is 4.74 Å². The van der Waals surface area contributed by atoms with E-state index in [2.05, 4.69) is 4.99 Å². The van der Waals surface area contributed by atoms with E-state index < -0.39 is 5.72 Å². The second kappa shape index (κ2) is 3.49. The van der Waals surface area contributed by atoms with Gasteiger partial charge in [-0.1, -0.05) is 17.7 Å². The number of thioether (sulfide) groups is 1. The average Bonchev–Trinajstić information content (AvgIpc) is 2.68. The number of methoxy groups -OCH3 is 1.